The molecule has 5 nitrogen and oxygen atoms in total. The first-order valence-corrected chi connectivity index (χ1v) is 9.39. The van der Waals surface area contributed by atoms with Crippen molar-refractivity contribution in [2.24, 2.45) is 10.9 Å². The quantitative estimate of drug-likeness (QED) is 0.458. The van der Waals surface area contributed by atoms with Crippen LogP contribution in [0, 0.1) is 5.92 Å². The minimum absolute atomic E-state index is 0.0364. The Kier molecular flexibility index (Phi) is 7.56. The maximum absolute atomic E-state index is 12.0. The predicted octanol–water partition coefficient (Wildman–Crippen LogP) is 2.88. The number of piperidine rings is 1. The maximum atomic E-state index is 12.0. The number of nitrogens with zero attached hydrogens (tertiary/aromatic N) is 2. The lowest BCUT2D eigenvalue weighted by Gasteiger charge is -2.32. The number of carbonyl (C=O) groups excluding carboxylic acids is 1. The molecule has 24 heavy (non-hydrogen) atoms. The molecule has 0 unspecified atom stereocenters. The van der Waals surface area contributed by atoms with E-state index >= 15 is 0 Å². The summed E-state index contributed by atoms with van der Waals surface area (Å²) in [6.45, 7) is 5.90. The fourth-order valence-corrected chi connectivity index (χ4v) is 3.17. The van der Waals surface area contributed by atoms with Gasteiger partial charge in [0.15, 0.2) is 5.96 Å². The van der Waals surface area contributed by atoms with Crippen molar-refractivity contribution in [1.29, 1.82) is 0 Å². The highest BCUT2D eigenvalue weighted by atomic mass is 79.9. The molecule has 0 atom stereocenters. The van der Waals surface area contributed by atoms with Crippen LogP contribution in [0.4, 0.5) is 0 Å². The smallest absolute Gasteiger partial charge is 0.251 e. The van der Waals surface area contributed by atoms with Gasteiger partial charge in [-0.3, -0.25) is 9.79 Å². The Bertz CT molecular complexity index is 568. The molecule has 1 heterocycles. The number of rotatable bonds is 5. The first-order chi connectivity index (χ1) is 11.6. The number of guanidine groups is 1. The Hall–Kier alpha value is -1.56. The van der Waals surface area contributed by atoms with Crippen LogP contribution >= 0.6 is 15.9 Å². The van der Waals surface area contributed by atoms with E-state index in [0.717, 1.165) is 42.4 Å². The van der Waals surface area contributed by atoms with Crippen LogP contribution in [-0.4, -0.2) is 50.0 Å². The van der Waals surface area contributed by atoms with Gasteiger partial charge in [0.1, 0.15) is 0 Å². The van der Waals surface area contributed by atoms with Crippen molar-refractivity contribution < 1.29 is 4.79 Å². The summed E-state index contributed by atoms with van der Waals surface area (Å²) in [5, 5.41) is 6.34. The molecule has 1 aliphatic rings. The Morgan fingerprint density at radius 1 is 1.29 bits per heavy atom. The Balaban J connectivity index is 1.66. The molecule has 1 fully saturated rings. The lowest BCUT2D eigenvalue weighted by Crippen LogP contribution is -2.45. The average molecular weight is 395 g/mol. The van der Waals surface area contributed by atoms with Crippen molar-refractivity contribution in [3.05, 3.63) is 34.3 Å². The molecule has 2 rings (SSSR count). The van der Waals surface area contributed by atoms with Crippen LogP contribution in [0.5, 0.6) is 0 Å². The monoisotopic (exact) mass is 394 g/mol. The lowest BCUT2D eigenvalue weighted by atomic mass is 10.00. The number of likely N-dealkylation sites (tertiary alicyclic amines) is 1. The van der Waals surface area contributed by atoms with Gasteiger partial charge in [0.25, 0.3) is 5.91 Å². The topological polar surface area (TPSA) is 56.7 Å². The van der Waals surface area contributed by atoms with Gasteiger partial charge in [-0.25, -0.2) is 0 Å². The zero-order valence-electron chi connectivity index (χ0n) is 14.5. The number of hydrogen-bond acceptors (Lipinski definition) is 2. The average Bonchev–Trinajstić information content (AvgIpc) is 2.59. The van der Waals surface area contributed by atoms with Crippen LogP contribution in [-0.2, 0) is 0 Å². The second kappa shape index (κ2) is 9.67. The normalized spacial score (nSPS) is 16.1. The van der Waals surface area contributed by atoms with Gasteiger partial charge in [-0.15, -0.1) is 0 Å². The van der Waals surface area contributed by atoms with Crippen LogP contribution < -0.4 is 10.6 Å². The summed E-state index contributed by atoms with van der Waals surface area (Å²) in [5.74, 6) is 1.75. The second-order valence-corrected chi connectivity index (χ2v) is 7.18. The molecule has 0 saturated carbocycles. The van der Waals surface area contributed by atoms with Crippen molar-refractivity contribution in [3.63, 3.8) is 0 Å². The van der Waals surface area contributed by atoms with Crippen LogP contribution in [0.1, 0.15) is 36.5 Å². The number of halogens is 1. The van der Waals surface area contributed by atoms with E-state index in [9.17, 15) is 4.79 Å². The Morgan fingerprint density at radius 3 is 2.67 bits per heavy atom. The van der Waals surface area contributed by atoms with E-state index in [1.54, 1.807) is 0 Å². The fraction of sp³-hybridized carbons (Fsp3) is 0.556. The highest BCUT2D eigenvalue weighted by Crippen LogP contribution is 2.15. The van der Waals surface area contributed by atoms with E-state index in [1.807, 2.05) is 31.3 Å². The molecule has 0 aromatic heterocycles. The van der Waals surface area contributed by atoms with Gasteiger partial charge in [-0.2, -0.15) is 0 Å². The highest BCUT2D eigenvalue weighted by molar-refractivity contribution is 9.10. The van der Waals surface area contributed by atoms with Crippen LogP contribution in [0.15, 0.2) is 33.7 Å². The van der Waals surface area contributed by atoms with Crippen LogP contribution in [0.25, 0.3) is 0 Å². The number of nitrogens with one attached hydrogen (secondary N) is 2. The molecule has 1 amide bonds. The summed E-state index contributed by atoms with van der Waals surface area (Å²) >= 11 is 3.38. The SMILES string of the molecule is CN=C(NCCCNC(=O)c1cccc(Br)c1)N1CCC(C)CC1. The third-order valence-electron chi connectivity index (χ3n) is 4.30. The summed E-state index contributed by atoms with van der Waals surface area (Å²) in [5.41, 5.74) is 0.676. The number of carbonyl (C=O) groups is 1. The fourth-order valence-electron chi connectivity index (χ4n) is 2.77. The van der Waals surface area contributed by atoms with E-state index in [-0.39, 0.29) is 5.91 Å². The first-order valence-electron chi connectivity index (χ1n) is 8.59. The lowest BCUT2D eigenvalue weighted by molar-refractivity contribution is 0.0953. The van der Waals surface area contributed by atoms with E-state index in [1.165, 1.54) is 12.8 Å². The van der Waals surface area contributed by atoms with Gasteiger partial charge in [-0.1, -0.05) is 28.9 Å². The Morgan fingerprint density at radius 2 is 2.00 bits per heavy atom. The standard InChI is InChI=1S/C18H27BrN4O/c1-14-7-11-23(12-8-14)18(20-2)22-10-4-9-21-17(24)15-5-3-6-16(19)13-15/h3,5-6,13-14H,4,7-12H2,1-2H3,(H,20,22)(H,21,24). The third kappa shape index (κ3) is 5.82. The minimum Gasteiger partial charge on any atom is -0.356 e. The molecule has 1 saturated heterocycles. The minimum atomic E-state index is -0.0364. The predicted molar refractivity (Wildman–Crippen MR) is 102 cm³/mol. The third-order valence-corrected chi connectivity index (χ3v) is 4.80. The summed E-state index contributed by atoms with van der Waals surface area (Å²) in [7, 11) is 1.83. The van der Waals surface area contributed by atoms with Crippen LogP contribution in [0.2, 0.25) is 0 Å². The molecule has 0 bridgehead atoms. The van der Waals surface area contributed by atoms with Gasteiger partial charge in [-0.05, 0) is 43.4 Å². The highest BCUT2D eigenvalue weighted by Gasteiger charge is 2.18. The van der Waals surface area contributed by atoms with Crippen molar-refractivity contribution in [3.8, 4) is 0 Å². The van der Waals surface area contributed by atoms with E-state index in [4.69, 9.17) is 0 Å². The van der Waals surface area contributed by atoms with Gasteiger partial charge >= 0.3 is 0 Å². The molecule has 0 spiro atoms. The molecule has 0 radical (unpaired) electrons. The maximum Gasteiger partial charge on any atom is 0.251 e. The first kappa shape index (κ1) is 18.8. The van der Waals surface area contributed by atoms with Crippen LogP contribution in [0.3, 0.4) is 0 Å². The van der Waals surface area contributed by atoms with E-state index < -0.39 is 0 Å². The summed E-state index contributed by atoms with van der Waals surface area (Å²) < 4.78 is 0.913. The molecule has 1 aromatic rings. The number of amides is 1. The van der Waals surface area contributed by atoms with Crippen molar-refractivity contribution >= 4 is 27.8 Å². The van der Waals surface area contributed by atoms with Gasteiger partial charge in [0, 0.05) is 43.3 Å². The number of benzene rings is 1. The van der Waals surface area contributed by atoms with Crippen molar-refractivity contribution in [2.75, 3.05) is 33.2 Å². The van der Waals surface area contributed by atoms with Gasteiger partial charge in [0.2, 0.25) is 0 Å². The molecule has 0 aliphatic carbocycles. The number of aliphatic imine (C=N–C) groups is 1. The van der Waals surface area contributed by atoms with Gasteiger partial charge in [0.05, 0.1) is 0 Å². The van der Waals surface area contributed by atoms with Gasteiger partial charge < -0.3 is 15.5 Å². The summed E-state index contributed by atoms with van der Waals surface area (Å²) in [6, 6.07) is 7.42. The zero-order chi connectivity index (χ0) is 17.4. The molecule has 1 aromatic carbocycles. The molecule has 6 heteroatoms. The van der Waals surface area contributed by atoms with E-state index in [2.05, 4.69) is 43.4 Å². The molecule has 2 N–H and O–H groups in total. The van der Waals surface area contributed by atoms with E-state index in [0.29, 0.717) is 12.1 Å². The number of hydrogen-bond donors (Lipinski definition) is 2. The molecule has 132 valence electrons. The molecular formula is C18H27BrN4O. The second-order valence-electron chi connectivity index (χ2n) is 6.26. The summed E-state index contributed by atoms with van der Waals surface area (Å²) in [6.07, 6.45) is 3.32. The zero-order valence-corrected chi connectivity index (χ0v) is 16.1. The van der Waals surface area contributed by atoms with Crippen molar-refractivity contribution in [1.82, 2.24) is 15.5 Å². The summed E-state index contributed by atoms with van der Waals surface area (Å²) in [4.78, 5) is 18.7. The molecular weight excluding hydrogens is 368 g/mol. The van der Waals surface area contributed by atoms with Crippen molar-refractivity contribution in [2.45, 2.75) is 26.2 Å². The largest absolute Gasteiger partial charge is 0.356 e. The Labute approximate surface area is 153 Å². The molecule has 1 aliphatic heterocycles.